The number of carboxylic acids is 1. The lowest BCUT2D eigenvalue weighted by Gasteiger charge is -2.32. The molecule has 0 amide bonds. The minimum Gasteiger partial charge on any atom is -0.481 e. The van der Waals surface area contributed by atoms with E-state index in [2.05, 4.69) is 15.5 Å². The number of tetrazole rings is 1. The maximum absolute atomic E-state index is 11.7. The van der Waals surface area contributed by atoms with E-state index < -0.39 is 11.4 Å². The van der Waals surface area contributed by atoms with Crippen LogP contribution in [-0.4, -0.2) is 44.5 Å². The largest absolute Gasteiger partial charge is 0.481 e. The molecule has 1 saturated heterocycles. The van der Waals surface area contributed by atoms with Gasteiger partial charge in [0.1, 0.15) is 0 Å². The predicted octanol–water partition coefficient (Wildman–Crippen LogP) is 1.21. The van der Waals surface area contributed by atoms with Crippen LogP contribution in [0, 0.1) is 5.41 Å². The molecule has 0 spiro atoms. The van der Waals surface area contributed by atoms with Crippen LogP contribution in [0.25, 0.3) is 0 Å². The number of hydrogen-bond acceptors (Lipinski definition) is 6. The summed E-state index contributed by atoms with van der Waals surface area (Å²) in [4.78, 5) is 12.9. The lowest BCUT2D eigenvalue weighted by molar-refractivity contribution is -0.156. The molecule has 2 aromatic rings. The Kier molecular flexibility index (Phi) is 3.98. The highest BCUT2D eigenvalue weighted by molar-refractivity contribution is 7.09. The molecule has 0 atom stereocenters. The molecular formula is C13H16N4O3S. The van der Waals surface area contributed by atoms with Gasteiger partial charge >= 0.3 is 5.97 Å². The van der Waals surface area contributed by atoms with Gasteiger partial charge in [-0.05, 0) is 34.7 Å². The Morgan fingerprint density at radius 3 is 2.95 bits per heavy atom. The van der Waals surface area contributed by atoms with Crippen LogP contribution in [-0.2, 0) is 22.5 Å². The van der Waals surface area contributed by atoms with E-state index in [1.807, 2.05) is 17.5 Å². The Morgan fingerprint density at radius 1 is 1.48 bits per heavy atom. The Bertz CT molecular complexity index is 605. The number of ether oxygens (including phenoxy) is 1. The molecule has 8 heteroatoms. The Balaban J connectivity index is 1.80. The van der Waals surface area contributed by atoms with Gasteiger partial charge in [0.05, 0.1) is 12.0 Å². The van der Waals surface area contributed by atoms with Gasteiger partial charge in [-0.2, -0.15) is 0 Å². The zero-order chi connectivity index (χ0) is 14.7. The standard InChI is InChI=1S/C13H16N4O3S/c18-12(19)13(3-5-20-6-4-13)9-17-11(14-15-16-17)8-10-2-1-7-21-10/h1-2,7H,3-6,8-9H2,(H,18,19). The summed E-state index contributed by atoms with van der Waals surface area (Å²) in [6, 6.07) is 4.00. The van der Waals surface area contributed by atoms with Crippen LogP contribution in [0.2, 0.25) is 0 Å². The summed E-state index contributed by atoms with van der Waals surface area (Å²) in [7, 11) is 0. The van der Waals surface area contributed by atoms with Gasteiger partial charge < -0.3 is 9.84 Å². The number of aliphatic carboxylic acids is 1. The topological polar surface area (TPSA) is 90.1 Å². The summed E-state index contributed by atoms with van der Waals surface area (Å²) in [5.41, 5.74) is -0.835. The van der Waals surface area contributed by atoms with E-state index >= 15 is 0 Å². The number of thiophene rings is 1. The second-order valence-corrected chi connectivity index (χ2v) is 6.24. The SMILES string of the molecule is O=C(O)C1(Cn2nnnc2Cc2cccs2)CCOCC1. The maximum atomic E-state index is 11.7. The fourth-order valence-electron chi connectivity index (χ4n) is 2.53. The molecule has 0 aliphatic carbocycles. The van der Waals surface area contributed by atoms with Gasteiger partial charge in [0.2, 0.25) is 0 Å². The molecule has 7 nitrogen and oxygen atoms in total. The number of nitrogens with zero attached hydrogens (tertiary/aromatic N) is 4. The molecule has 0 unspecified atom stereocenters. The molecule has 1 aliphatic rings. The quantitative estimate of drug-likeness (QED) is 0.893. The van der Waals surface area contributed by atoms with Crippen LogP contribution in [0.1, 0.15) is 23.5 Å². The molecule has 0 radical (unpaired) electrons. The molecule has 0 aromatic carbocycles. The molecular weight excluding hydrogens is 292 g/mol. The van der Waals surface area contributed by atoms with Gasteiger partial charge in [-0.1, -0.05) is 6.07 Å². The van der Waals surface area contributed by atoms with E-state index in [1.165, 1.54) is 0 Å². The summed E-state index contributed by atoms with van der Waals surface area (Å²) in [6.45, 7) is 1.22. The molecule has 1 aliphatic heterocycles. The van der Waals surface area contributed by atoms with Crippen molar-refractivity contribution >= 4 is 17.3 Å². The van der Waals surface area contributed by atoms with Gasteiger partial charge in [0.25, 0.3) is 0 Å². The monoisotopic (exact) mass is 308 g/mol. The van der Waals surface area contributed by atoms with Crippen molar-refractivity contribution in [2.75, 3.05) is 13.2 Å². The van der Waals surface area contributed by atoms with Gasteiger partial charge in [0, 0.05) is 24.5 Å². The fourth-order valence-corrected chi connectivity index (χ4v) is 3.23. The highest BCUT2D eigenvalue weighted by atomic mass is 32.1. The lowest BCUT2D eigenvalue weighted by atomic mass is 9.80. The number of hydrogen-bond donors (Lipinski definition) is 1. The molecule has 2 aromatic heterocycles. The number of aromatic nitrogens is 4. The van der Waals surface area contributed by atoms with Crippen LogP contribution in [0.5, 0.6) is 0 Å². The van der Waals surface area contributed by atoms with E-state index in [4.69, 9.17) is 4.74 Å². The van der Waals surface area contributed by atoms with Crippen molar-refractivity contribution in [2.45, 2.75) is 25.8 Å². The Hall–Kier alpha value is -1.80. The van der Waals surface area contributed by atoms with Crippen molar-refractivity contribution in [1.29, 1.82) is 0 Å². The molecule has 3 heterocycles. The first-order chi connectivity index (χ1) is 10.2. The van der Waals surface area contributed by atoms with Crippen molar-refractivity contribution in [2.24, 2.45) is 5.41 Å². The third kappa shape index (κ3) is 2.96. The van der Waals surface area contributed by atoms with E-state index in [0.717, 1.165) is 4.88 Å². The minimum absolute atomic E-state index is 0.291. The lowest BCUT2D eigenvalue weighted by Crippen LogP contribution is -2.41. The van der Waals surface area contributed by atoms with Crippen molar-refractivity contribution < 1.29 is 14.6 Å². The molecule has 3 rings (SSSR count). The van der Waals surface area contributed by atoms with Crippen LogP contribution < -0.4 is 0 Å². The van der Waals surface area contributed by atoms with Gasteiger partial charge in [-0.15, -0.1) is 16.4 Å². The van der Waals surface area contributed by atoms with Gasteiger partial charge in [-0.3, -0.25) is 4.79 Å². The summed E-state index contributed by atoms with van der Waals surface area (Å²) in [6.07, 6.45) is 1.60. The molecule has 112 valence electrons. The first-order valence-electron chi connectivity index (χ1n) is 6.78. The van der Waals surface area contributed by atoms with E-state index in [9.17, 15) is 9.90 Å². The van der Waals surface area contributed by atoms with Gasteiger partial charge in [0.15, 0.2) is 5.82 Å². The summed E-state index contributed by atoms with van der Waals surface area (Å²) < 4.78 is 6.91. The zero-order valence-corrected chi connectivity index (χ0v) is 12.3. The first-order valence-corrected chi connectivity index (χ1v) is 7.66. The smallest absolute Gasteiger partial charge is 0.311 e. The third-order valence-corrected chi connectivity index (χ3v) is 4.75. The van der Waals surface area contributed by atoms with Crippen molar-refractivity contribution in [1.82, 2.24) is 20.2 Å². The summed E-state index contributed by atoms with van der Waals surface area (Å²) in [5.74, 6) is -0.104. The first kappa shape index (κ1) is 14.2. The third-order valence-electron chi connectivity index (χ3n) is 3.87. The molecule has 1 fully saturated rings. The van der Waals surface area contributed by atoms with Gasteiger partial charge in [-0.25, -0.2) is 4.68 Å². The average Bonchev–Trinajstić information content (AvgIpc) is 3.13. The molecule has 0 bridgehead atoms. The van der Waals surface area contributed by atoms with Crippen LogP contribution in [0.3, 0.4) is 0 Å². The molecule has 0 saturated carbocycles. The maximum Gasteiger partial charge on any atom is 0.311 e. The molecule has 1 N–H and O–H groups in total. The van der Waals surface area contributed by atoms with Crippen molar-refractivity contribution in [3.05, 3.63) is 28.2 Å². The van der Waals surface area contributed by atoms with Crippen molar-refractivity contribution in [3.63, 3.8) is 0 Å². The van der Waals surface area contributed by atoms with E-state index in [1.54, 1.807) is 16.0 Å². The Labute approximate surface area is 125 Å². The zero-order valence-electron chi connectivity index (χ0n) is 11.4. The normalized spacial score (nSPS) is 17.7. The predicted molar refractivity (Wildman–Crippen MR) is 75.1 cm³/mol. The van der Waals surface area contributed by atoms with E-state index in [0.29, 0.717) is 44.8 Å². The fraction of sp³-hybridized carbons (Fsp3) is 0.538. The average molecular weight is 308 g/mol. The summed E-state index contributed by atoms with van der Waals surface area (Å²) in [5, 5.41) is 23.3. The minimum atomic E-state index is -0.835. The van der Waals surface area contributed by atoms with E-state index in [-0.39, 0.29) is 0 Å². The second-order valence-electron chi connectivity index (χ2n) is 5.21. The van der Waals surface area contributed by atoms with Crippen LogP contribution in [0.15, 0.2) is 17.5 Å². The Morgan fingerprint density at radius 2 is 2.29 bits per heavy atom. The number of rotatable bonds is 5. The van der Waals surface area contributed by atoms with Crippen molar-refractivity contribution in [3.8, 4) is 0 Å². The number of carboxylic acid groups (broad SMARTS) is 1. The highest BCUT2D eigenvalue weighted by Crippen LogP contribution is 2.33. The highest BCUT2D eigenvalue weighted by Gasteiger charge is 2.41. The number of carbonyl (C=O) groups is 1. The molecule has 21 heavy (non-hydrogen) atoms. The van der Waals surface area contributed by atoms with Crippen LogP contribution >= 0.6 is 11.3 Å². The second kappa shape index (κ2) is 5.90. The van der Waals surface area contributed by atoms with Crippen LogP contribution in [0.4, 0.5) is 0 Å². The summed E-state index contributed by atoms with van der Waals surface area (Å²) >= 11 is 1.64.